The monoisotopic (exact) mass is 564 g/mol. The zero-order valence-corrected chi connectivity index (χ0v) is 23.9. The molecule has 2 aliphatic heterocycles. The van der Waals surface area contributed by atoms with Crippen molar-refractivity contribution < 1.29 is 28.7 Å². The number of nitrogens with one attached hydrogen (secondary N) is 2. The van der Waals surface area contributed by atoms with Crippen LogP contribution in [-0.2, 0) is 20.9 Å². The van der Waals surface area contributed by atoms with Crippen LogP contribution in [-0.4, -0.2) is 78.5 Å². The Kier molecular flexibility index (Phi) is 10.2. The van der Waals surface area contributed by atoms with E-state index in [2.05, 4.69) is 10.6 Å². The van der Waals surface area contributed by atoms with Gasteiger partial charge in [-0.25, -0.2) is 4.79 Å². The second-order valence-electron chi connectivity index (χ2n) is 10.5. The lowest BCUT2D eigenvalue weighted by atomic mass is 9.81. The first kappa shape index (κ1) is 29.9. The molecule has 0 bridgehead atoms. The van der Waals surface area contributed by atoms with Crippen LogP contribution in [0.25, 0.3) is 0 Å². The summed E-state index contributed by atoms with van der Waals surface area (Å²) in [6.45, 7) is 3.84. The fourth-order valence-corrected chi connectivity index (χ4v) is 5.63. The summed E-state index contributed by atoms with van der Waals surface area (Å²) in [4.78, 5) is 55.7. The number of methoxy groups -OCH3 is 1. The maximum atomic E-state index is 13.6. The molecule has 41 heavy (non-hydrogen) atoms. The molecule has 220 valence electrons. The van der Waals surface area contributed by atoms with Crippen LogP contribution in [0.4, 0.5) is 4.79 Å². The zero-order chi connectivity index (χ0) is 29.2. The summed E-state index contributed by atoms with van der Waals surface area (Å²) in [7, 11) is 1.53. The summed E-state index contributed by atoms with van der Waals surface area (Å²) in [5.41, 5.74) is 0.447. The molecule has 0 unspecified atom stereocenters. The Morgan fingerprint density at radius 2 is 1.73 bits per heavy atom. The average Bonchev–Trinajstić information content (AvgIpc) is 3.01. The van der Waals surface area contributed by atoms with E-state index in [0.29, 0.717) is 69.6 Å². The van der Waals surface area contributed by atoms with Crippen LogP contribution in [0.1, 0.15) is 61.4 Å². The minimum atomic E-state index is -0.953. The van der Waals surface area contributed by atoms with E-state index in [-0.39, 0.29) is 24.3 Å². The number of hydrogen-bond acceptors (Lipinski definition) is 6. The van der Waals surface area contributed by atoms with Gasteiger partial charge in [-0.1, -0.05) is 49.4 Å². The summed E-state index contributed by atoms with van der Waals surface area (Å²) in [6, 6.07) is 16.0. The highest BCUT2D eigenvalue weighted by Crippen LogP contribution is 2.35. The molecule has 0 aliphatic carbocycles. The molecule has 2 aromatic rings. The third kappa shape index (κ3) is 6.99. The lowest BCUT2D eigenvalue weighted by Gasteiger charge is -2.51. The number of benzene rings is 2. The molecule has 4 rings (SSSR count). The molecule has 2 aliphatic rings. The first-order valence-electron chi connectivity index (χ1n) is 14.4. The molecule has 10 heteroatoms. The summed E-state index contributed by atoms with van der Waals surface area (Å²) >= 11 is 0. The molecule has 0 aromatic heterocycles. The van der Waals surface area contributed by atoms with Crippen LogP contribution in [0.5, 0.6) is 5.75 Å². The van der Waals surface area contributed by atoms with Crippen LogP contribution < -0.4 is 15.4 Å². The summed E-state index contributed by atoms with van der Waals surface area (Å²) in [6.07, 6.45) is 2.80. The minimum Gasteiger partial charge on any atom is -0.496 e. The number of likely N-dealkylation sites (tertiary alicyclic amines) is 1. The van der Waals surface area contributed by atoms with Gasteiger partial charge in [-0.05, 0) is 56.2 Å². The number of carbonyl (C=O) groups excluding carboxylic acids is 4. The van der Waals surface area contributed by atoms with Crippen LogP contribution in [0, 0.1) is 0 Å². The van der Waals surface area contributed by atoms with Gasteiger partial charge < -0.3 is 29.9 Å². The van der Waals surface area contributed by atoms with E-state index in [1.807, 2.05) is 43.3 Å². The first-order valence-corrected chi connectivity index (χ1v) is 14.4. The number of nitrogens with zero attached hydrogens (tertiary/aromatic N) is 2. The molecule has 4 amide bonds. The van der Waals surface area contributed by atoms with Crippen molar-refractivity contribution >= 4 is 23.8 Å². The molecule has 2 heterocycles. The third-order valence-electron chi connectivity index (χ3n) is 7.87. The molecule has 2 saturated heterocycles. The Morgan fingerprint density at radius 3 is 2.44 bits per heavy atom. The SMILES string of the molecule is CCCN1C(=O)[C@H](CCCCNC(=O)OCc2ccccc2)NC(=O)C12CCN(C(=O)c1ccccc1OC)CC2. The maximum absolute atomic E-state index is 13.6. The molecule has 1 spiro atoms. The van der Waals surface area contributed by atoms with Gasteiger partial charge in [-0.2, -0.15) is 0 Å². The Labute approximate surface area is 241 Å². The number of unbranched alkanes of at least 4 members (excludes halogenated alkanes) is 1. The second-order valence-corrected chi connectivity index (χ2v) is 10.5. The molecule has 1 atom stereocenters. The number of piperidine rings is 1. The maximum Gasteiger partial charge on any atom is 0.407 e. The summed E-state index contributed by atoms with van der Waals surface area (Å²) in [5.74, 6) is 0.143. The molecule has 2 aromatic carbocycles. The number of ether oxygens (including phenoxy) is 2. The van der Waals surface area contributed by atoms with E-state index < -0.39 is 17.7 Å². The number of piperazine rings is 1. The molecule has 10 nitrogen and oxygen atoms in total. The van der Waals surface area contributed by atoms with Crippen molar-refractivity contribution in [3.05, 3.63) is 65.7 Å². The van der Waals surface area contributed by atoms with Crippen LogP contribution in [0.15, 0.2) is 54.6 Å². The van der Waals surface area contributed by atoms with Gasteiger partial charge in [0.1, 0.15) is 23.9 Å². The van der Waals surface area contributed by atoms with E-state index >= 15 is 0 Å². The summed E-state index contributed by atoms with van der Waals surface area (Å²) in [5, 5.41) is 5.72. The van der Waals surface area contributed by atoms with Crippen molar-refractivity contribution in [3.8, 4) is 5.75 Å². The Hall–Kier alpha value is -4.08. The standard InChI is InChI=1S/C31H40N4O6/c1-3-19-35-28(37)25(14-9-10-18-32-30(39)41-22-23-11-5-4-6-12-23)33-29(38)31(35)16-20-34(21-17-31)27(36)24-13-7-8-15-26(24)40-2/h4-8,11-13,15,25H,3,9-10,14,16-22H2,1-2H3,(H,32,39)(H,33,38)/t25-/m0/s1. The van der Waals surface area contributed by atoms with Gasteiger partial charge in [-0.15, -0.1) is 0 Å². The Bertz CT molecular complexity index is 1210. The topological polar surface area (TPSA) is 117 Å². The Balaban J connectivity index is 1.27. The molecule has 0 radical (unpaired) electrons. The molecule has 2 fully saturated rings. The van der Waals surface area contributed by atoms with Gasteiger partial charge in [0.2, 0.25) is 11.8 Å². The predicted molar refractivity (Wildman–Crippen MR) is 153 cm³/mol. The molecular weight excluding hydrogens is 524 g/mol. The highest BCUT2D eigenvalue weighted by Gasteiger charge is 2.53. The van der Waals surface area contributed by atoms with Gasteiger partial charge in [0.05, 0.1) is 12.7 Å². The van der Waals surface area contributed by atoms with Crippen LogP contribution in [0.2, 0.25) is 0 Å². The largest absolute Gasteiger partial charge is 0.496 e. The lowest BCUT2D eigenvalue weighted by Crippen LogP contribution is -2.73. The number of alkyl carbamates (subject to hydrolysis) is 1. The smallest absolute Gasteiger partial charge is 0.407 e. The van der Waals surface area contributed by atoms with Gasteiger partial charge in [0.15, 0.2) is 0 Å². The quantitative estimate of drug-likeness (QED) is 0.404. The van der Waals surface area contributed by atoms with E-state index in [4.69, 9.17) is 9.47 Å². The van der Waals surface area contributed by atoms with Gasteiger partial charge in [-0.3, -0.25) is 14.4 Å². The fourth-order valence-electron chi connectivity index (χ4n) is 5.63. The van der Waals surface area contributed by atoms with Crippen molar-refractivity contribution in [2.75, 3.05) is 33.3 Å². The highest BCUT2D eigenvalue weighted by molar-refractivity contribution is 6.01. The van der Waals surface area contributed by atoms with Crippen molar-refractivity contribution in [2.45, 2.75) is 63.6 Å². The van der Waals surface area contributed by atoms with Crippen LogP contribution >= 0.6 is 0 Å². The third-order valence-corrected chi connectivity index (χ3v) is 7.87. The molecule has 0 saturated carbocycles. The van der Waals surface area contributed by atoms with Crippen LogP contribution in [0.3, 0.4) is 0 Å². The normalized spacial score (nSPS) is 18.1. The number of carbonyl (C=O) groups is 4. The van der Waals surface area contributed by atoms with Crippen molar-refractivity contribution in [2.24, 2.45) is 0 Å². The lowest BCUT2D eigenvalue weighted by molar-refractivity contribution is -0.161. The molecular formula is C31H40N4O6. The molecule has 2 N–H and O–H groups in total. The van der Waals surface area contributed by atoms with Gasteiger partial charge >= 0.3 is 6.09 Å². The highest BCUT2D eigenvalue weighted by atomic mass is 16.5. The van der Waals surface area contributed by atoms with Crippen molar-refractivity contribution in [3.63, 3.8) is 0 Å². The van der Waals surface area contributed by atoms with E-state index in [0.717, 1.165) is 12.0 Å². The minimum absolute atomic E-state index is 0.0776. The average molecular weight is 565 g/mol. The predicted octanol–water partition coefficient (Wildman–Crippen LogP) is 3.50. The fraction of sp³-hybridized carbons (Fsp3) is 0.484. The number of amides is 4. The van der Waals surface area contributed by atoms with Gasteiger partial charge in [0, 0.05) is 26.2 Å². The van der Waals surface area contributed by atoms with Crippen molar-refractivity contribution in [1.82, 2.24) is 20.4 Å². The second kappa shape index (κ2) is 14.0. The number of hydrogen-bond donors (Lipinski definition) is 2. The van der Waals surface area contributed by atoms with E-state index in [1.165, 1.54) is 7.11 Å². The number of para-hydroxylation sites is 1. The summed E-state index contributed by atoms with van der Waals surface area (Å²) < 4.78 is 10.6. The van der Waals surface area contributed by atoms with E-state index in [9.17, 15) is 19.2 Å². The van der Waals surface area contributed by atoms with Gasteiger partial charge in [0.25, 0.3) is 5.91 Å². The zero-order valence-electron chi connectivity index (χ0n) is 23.9. The van der Waals surface area contributed by atoms with Crippen molar-refractivity contribution in [1.29, 1.82) is 0 Å². The van der Waals surface area contributed by atoms with E-state index in [1.54, 1.807) is 28.0 Å². The number of rotatable bonds is 11. The first-order chi connectivity index (χ1) is 19.9. The Morgan fingerprint density at radius 1 is 1.02 bits per heavy atom.